The van der Waals surface area contributed by atoms with Gasteiger partial charge in [-0.3, -0.25) is 19.7 Å². The number of hydrogen-bond acceptors (Lipinski definition) is 7. The summed E-state index contributed by atoms with van der Waals surface area (Å²) in [6, 6.07) is 2.19. The molecular formula is C14H16N2O9. The van der Waals surface area contributed by atoms with Crippen molar-refractivity contribution in [2.24, 2.45) is 0 Å². The van der Waals surface area contributed by atoms with Gasteiger partial charge in [0, 0.05) is 13.1 Å². The van der Waals surface area contributed by atoms with E-state index in [9.17, 15) is 24.5 Å². The van der Waals surface area contributed by atoms with E-state index in [0.717, 1.165) is 11.0 Å². The van der Waals surface area contributed by atoms with Crippen LogP contribution in [-0.4, -0.2) is 58.4 Å². The first-order valence-electron chi connectivity index (χ1n) is 6.96. The minimum atomic E-state index is -1.55. The van der Waals surface area contributed by atoms with Crippen LogP contribution in [0.4, 0.5) is 11.4 Å². The molecule has 0 atom stereocenters. The number of benzene rings is 1. The van der Waals surface area contributed by atoms with Crippen molar-refractivity contribution in [2.75, 3.05) is 25.1 Å². The summed E-state index contributed by atoms with van der Waals surface area (Å²) in [5.74, 6) is -4.01. The van der Waals surface area contributed by atoms with Crippen molar-refractivity contribution in [3.63, 3.8) is 0 Å². The normalized spacial score (nSPS) is 10.1. The minimum Gasteiger partial charge on any atom is -0.494 e. The number of aliphatic carboxylic acids is 2. The lowest BCUT2D eigenvalue weighted by Crippen LogP contribution is -2.30. The van der Waals surface area contributed by atoms with Gasteiger partial charge in [-0.15, -0.1) is 0 Å². The second-order valence-corrected chi connectivity index (χ2v) is 4.85. The van der Waals surface area contributed by atoms with E-state index in [1.54, 1.807) is 0 Å². The number of nitro groups is 1. The minimum absolute atomic E-state index is 0.0625. The molecule has 0 aromatic heterocycles. The number of ether oxygens (including phenoxy) is 1. The first-order valence-corrected chi connectivity index (χ1v) is 6.96. The highest BCUT2D eigenvalue weighted by Gasteiger charge is 2.31. The molecule has 0 aliphatic carbocycles. The molecule has 0 bridgehead atoms. The summed E-state index contributed by atoms with van der Waals surface area (Å²) >= 11 is 0. The molecule has 0 aliphatic rings. The Morgan fingerprint density at radius 1 is 1.12 bits per heavy atom. The highest BCUT2D eigenvalue weighted by atomic mass is 16.6. The van der Waals surface area contributed by atoms with Gasteiger partial charge >= 0.3 is 23.6 Å². The fourth-order valence-corrected chi connectivity index (χ4v) is 2.19. The van der Waals surface area contributed by atoms with Crippen LogP contribution in [0.2, 0.25) is 0 Å². The maximum absolute atomic E-state index is 11.4. The number of aromatic carboxylic acids is 1. The highest BCUT2D eigenvalue weighted by Crippen LogP contribution is 2.40. The SMILES string of the molecule is COc1ccc(C(=O)O)c([N+](=O)[O-])c1N(CCC(=O)O)CCC(=O)O. The van der Waals surface area contributed by atoms with E-state index in [1.807, 2.05) is 0 Å². The number of nitrogens with zero attached hydrogens (tertiary/aromatic N) is 2. The third-order valence-electron chi connectivity index (χ3n) is 3.25. The largest absolute Gasteiger partial charge is 0.494 e. The molecule has 0 saturated heterocycles. The molecule has 136 valence electrons. The van der Waals surface area contributed by atoms with E-state index < -0.39 is 46.9 Å². The number of nitro benzene ring substituents is 1. The number of rotatable bonds is 10. The van der Waals surface area contributed by atoms with Gasteiger partial charge in [-0.1, -0.05) is 0 Å². The quantitative estimate of drug-likeness (QED) is 0.407. The molecule has 0 saturated carbocycles. The van der Waals surface area contributed by atoms with Crippen molar-refractivity contribution >= 4 is 29.3 Å². The summed E-state index contributed by atoms with van der Waals surface area (Å²) in [7, 11) is 1.20. The van der Waals surface area contributed by atoms with Crippen molar-refractivity contribution in [3.05, 3.63) is 27.8 Å². The molecule has 1 aromatic rings. The second kappa shape index (κ2) is 8.47. The molecule has 3 N–H and O–H groups in total. The molecule has 0 fully saturated rings. The molecule has 11 heteroatoms. The van der Waals surface area contributed by atoms with E-state index in [1.165, 1.54) is 13.2 Å². The van der Waals surface area contributed by atoms with Crippen LogP contribution in [0.15, 0.2) is 12.1 Å². The van der Waals surface area contributed by atoms with Crippen molar-refractivity contribution in [1.82, 2.24) is 0 Å². The summed E-state index contributed by atoms with van der Waals surface area (Å²) in [5, 5.41) is 38.3. The van der Waals surface area contributed by atoms with E-state index in [2.05, 4.69) is 0 Å². The lowest BCUT2D eigenvalue weighted by Gasteiger charge is -2.25. The zero-order valence-corrected chi connectivity index (χ0v) is 13.2. The summed E-state index contributed by atoms with van der Waals surface area (Å²) in [6.45, 7) is -0.522. The average Bonchev–Trinajstić information content (AvgIpc) is 2.52. The van der Waals surface area contributed by atoms with Crippen molar-refractivity contribution < 1.29 is 39.4 Å². The third kappa shape index (κ3) is 5.06. The van der Waals surface area contributed by atoms with Gasteiger partial charge in [-0.25, -0.2) is 4.79 Å². The van der Waals surface area contributed by atoms with E-state index >= 15 is 0 Å². The predicted molar refractivity (Wildman–Crippen MR) is 83.3 cm³/mol. The Bertz CT molecular complexity index is 684. The van der Waals surface area contributed by atoms with Crippen LogP contribution in [-0.2, 0) is 9.59 Å². The van der Waals surface area contributed by atoms with Gasteiger partial charge in [0.2, 0.25) is 0 Å². The van der Waals surface area contributed by atoms with Crippen LogP contribution in [0, 0.1) is 10.1 Å². The number of carbonyl (C=O) groups is 3. The summed E-state index contributed by atoms with van der Waals surface area (Å²) in [6.07, 6.45) is -0.867. The standard InChI is InChI=1S/C14H16N2O9/c1-25-9-3-2-8(14(21)22)12(16(23)24)13(9)15(6-4-10(17)18)7-5-11(19)20/h2-3H,4-7H2,1H3,(H,17,18)(H,19,20)(H,21,22). The molecule has 0 spiro atoms. The molecule has 0 heterocycles. The lowest BCUT2D eigenvalue weighted by molar-refractivity contribution is -0.384. The Labute approximate surface area is 141 Å². The number of carboxylic acid groups (broad SMARTS) is 3. The third-order valence-corrected chi connectivity index (χ3v) is 3.25. The molecular weight excluding hydrogens is 340 g/mol. The van der Waals surface area contributed by atoms with E-state index in [0.29, 0.717) is 0 Å². The van der Waals surface area contributed by atoms with Crippen molar-refractivity contribution in [1.29, 1.82) is 0 Å². The Hall–Kier alpha value is -3.37. The van der Waals surface area contributed by atoms with Gasteiger partial charge < -0.3 is 25.0 Å². The first kappa shape index (κ1) is 19.7. The number of carboxylic acids is 3. The Morgan fingerprint density at radius 3 is 2.00 bits per heavy atom. The van der Waals surface area contributed by atoms with Crippen LogP contribution in [0.1, 0.15) is 23.2 Å². The second-order valence-electron chi connectivity index (χ2n) is 4.85. The molecule has 1 aromatic carbocycles. The van der Waals surface area contributed by atoms with Gasteiger partial charge in [-0.05, 0) is 12.1 Å². The maximum atomic E-state index is 11.4. The topological polar surface area (TPSA) is 168 Å². The Morgan fingerprint density at radius 2 is 1.64 bits per heavy atom. The zero-order chi connectivity index (χ0) is 19.1. The zero-order valence-electron chi connectivity index (χ0n) is 13.2. The Balaban J connectivity index is 3.53. The van der Waals surface area contributed by atoms with Crippen LogP contribution < -0.4 is 9.64 Å². The molecule has 25 heavy (non-hydrogen) atoms. The fraction of sp³-hybridized carbons (Fsp3) is 0.357. The van der Waals surface area contributed by atoms with Gasteiger partial charge in [-0.2, -0.15) is 0 Å². The first-order chi connectivity index (χ1) is 11.7. The number of methoxy groups -OCH3 is 1. The molecule has 0 amide bonds. The van der Waals surface area contributed by atoms with Gasteiger partial charge in [0.25, 0.3) is 0 Å². The fourth-order valence-electron chi connectivity index (χ4n) is 2.19. The van der Waals surface area contributed by atoms with Crippen LogP contribution in [0.3, 0.4) is 0 Å². The molecule has 0 radical (unpaired) electrons. The molecule has 11 nitrogen and oxygen atoms in total. The van der Waals surface area contributed by atoms with Crippen LogP contribution in [0.5, 0.6) is 5.75 Å². The van der Waals surface area contributed by atoms with Gasteiger partial charge in [0.05, 0.1) is 24.9 Å². The van der Waals surface area contributed by atoms with E-state index in [-0.39, 0.29) is 24.5 Å². The predicted octanol–water partition coefficient (Wildman–Crippen LogP) is 1.06. The maximum Gasteiger partial charge on any atom is 0.342 e. The summed E-state index contributed by atoms with van der Waals surface area (Å²) in [4.78, 5) is 44.6. The summed E-state index contributed by atoms with van der Waals surface area (Å²) in [5.41, 5.74) is -1.67. The average molecular weight is 356 g/mol. The van der Waals surface area contributed by atoms with Crippen LogP contribution in [0.25, 0.3) is 0 Å². The van der Waals surface area contributed by atoms with Crippen LogP contribution >= 0.6 is 0 Å². The number of anilines is 1. The lowest BCUT2D eigenvalue weighted by atomic mass is 10.1. The van der Waals surface area contributed by atoms with Crippen molar-refractivity contribution in [2.45, 2.75) is 12.8 Å². The van der Waals surface area contributed by atoms with Gasteiger partial charge in [0.1, 0.15) is 11.3 Å². The van der Waals surface area contributed by atoms with Gasteiger partial charge in [0.15, 0.2) is 5.69 Å². The van der Waals surface area contributed by atoms with Crippen molar-refractivity contribution in [3.8, 4) is 5.75 Å². The molecule has 0 aliphatic heterocycles. The summed E-state index contributed by atoms with van der Waals surface area (Å²) < 4.78 is 5.03. The Kier molecular flexibility index (Phi) is 6.67. The monoisotopic (exact) mass is 356 g/mol. The molecule has 1 rings (SSSR count). The number of hydrogen-bond donors (Lipinski definition) is 3. The highest BCUT2D eigenvalue weighted by molar-refractivity contribution is 5.97. The molecule has 0 unspecified atom stereocenters. The smallest absolute Gasteiger partial charge is 0.342 e. The van der Waals surface area contributed by atoms with E-state index in [4.69, 9.17) is 20.1 Å².